The van der Waals surface area contributed by atoms with Gasteiger partial charge in [-0.25, -0.2) is 4.68 Å². The minimum atomic E-state index is -0.847. The van der Waals surface area contributed by atoms with Crippen molar-refractivity contribution in [3.05, 3.63) is 47.3 Å². The molecule has 26 heavy (non-hydrogen) atoms. The Balaban J connectivity index is 1.87. The molecule has 138 valence electrons. The van der Waals surface area contributed by atoms with E-state index >= 15 is 0 Å². The van der Waals surface area contributed by atoms with Gasteiger partial charge in [0.2, 0.25) is 0 Å². The van der Waals surface area contributed by atoms with Crippen molar-refractivity contribution in [2.45, 2.75) is 52.0 Å². The number of aryl methyl sites for hydroxylation is 1. The van der Waals surface area contributed by atoms with Crippen LogP contribution in [0.25, 0.3) is 5.69 Å². The summed E-state index contributed by atoms with van der Waals surface area (Å²) in [5.41, 5.74) is 2.47. The Bertz CT molecular complexity index is 843. The topological polar surface area (TPSA) is 84.2 Å². The number of para-hydroxylation sites is 1. The number of rotatable bonds is 4. The van der Waals surface area contributed by atoms with Crippen molar-refractivity contribution < 1.29 is 14.7 Å². The Morgan fingerprint density at radius 2 is 2.00 bits per heavy atom. The molecule has 0 radical (unpaired) electrons. The van der Waals surface area contributed by atoms with Crippen LogP contribution >= 0.6 is 0 Å². The standard InChI is InChI=1S/C20H25N3O3/c1-13-8-4-5-10-17(13)23-14(2)15(12-21-23)18(24)22-20(3)11-7-6-9-16(20)19(25)26/h4-5,8,10,12,16H,6-7,9,11H2,1-3H3,(H,22,24)(H,25,26). The molecule has 1 heterocycles. The van der Waals surface area contributed by atoms with Crippen LogP contribution < -0.4 is 5.32 Å². The minimum Gasteiger partial charge on any atom is -0.481 e. The molecule has 1 aliphatic carbocycles. The summed E-state index contributed by atoms with van der Waals surface area (Å²) in [4.78, 5) is 24.5. The van der Waals surface area contributed by atoms with Gasteiger partial charge in [-0.05, 0) is 45.2 Å². The van der Waals surface area contributed by atoms with Crippen LogP contribution in [-0.2, 0) is 4.79 Å². The predicted molar refractivity (Wildman–Crippen MR) is 98.5 cm³/mol. The number of hydrogen-bond donors (Lipinski definition) is 2. The molecule has 1 saturated carbocycles. The van der Waals surface area contributed by atoms with Crippen LogP contribution in [0.15, 0.2) is 30.5 Å². The van der Waals surface area contributed by atoms with Gasteiger partial charge in [0.25, 0.3) is 5.91 Å². The third kappa shape index (κ3) is 3.23. The lowest BCUT2D eigenvalue weighted by atomic mass is 9.73. The Hall–Kier alpha value is -2.63. The fourth-order valence-electron chi connectivity index (χ4n) is 3.88. The normalized spacial score (nSPS) is 22.8. The molecule has 1 aliphatic rings. The first kappa shape index (κ1) is 18.2. The van der Waals surface area contributed by atoms with E-state index in [1.807, 2.05) is 45.0 Å². The maximum absolute atomic E-state index is 12.9. The number of carboxylic acids is 1. The molecule has 2 atom stereocenters. The van der Waals surface area contributed by atoms with Gasteiger partial charge in [-0.1, -0.05) is 31.0 Å². The summed E-state index contributed by atoms with van der Waals surface area (Å²) >= 11 is 0. The number of carbonyl (C=O) groups excluding carboxylic acids is 1. The smallest absolute Gasteiger partial charge is 0.308 e. The highest BCUT2D eigenvalue weighted by atomic mass is 16.4. The number of amides is 1. The molecular weight excluding hydrogens is 330 g/mol. The Morgan fingerprint density at radius 1 is 1.27 bits per heavy atom. The fraction of sp³-hybridized carbons (Fsp3) is 0.450. The first-order valence-corrected chi connectivity index (χ1v) is 8.99. The van der Waals surface area contributed by atoms with E-state index in [9.17, 15) is 14.7 Å². The van der Waals surface area contributed by atoms with Gasteiger partial charge in [-0.2, -0.15) is 5.10 Å². The van der Waals surface area contributed by atoms with Crippen LogP contribution in [0.1, 0.15) is 54.2 Å². The first-order chi connectivity index (χ1) is 12.3. The molecule has 2 aromatic rings. The number of benzene rings is 1. The summed E-state index contributed by atoms with van der Waals surface area (Å²) in [7, 11) is 0. The van der Waals surface area contributed by atoms with Gasteiger partial charge < -0.3 is 10.4 Å². The third-order valence-corrected chi connectivity index (χ3v) is 5.50. The summed E-state index contributed by atoms with van der Waals surface area (Å²) in [5, 5.41) is 16.9. The number of nitrogens with zero attached hydrogens (tertiary/aromatic N) is 2. The van der Waals surface area contributed by atoms with E-state index in [0.29, 0.717) is 18.4 Å². The average molecular weight is 355 g/mol. The van der Waals surface area contributed by atoms with Crippen molar-refractivity contribution in [3.63, 3.8) is 0 Å². The predicted octanol–water partition coefficient (Wildman–Crippen LogP) is 3.25. The zero-order chi connectivity index (χ0) is 18.9. The van der Waals surface area contributed by atoms with Crippen LogP contribution in [0.4, 0.5) is 0 Å². The molecule has 6 nitrogen and oxygen atoms in total. The lowest BCUT2D eigenvalue weighted by Gasteiger charge is -2.39. The van der Waals surface area contributed by atoms with Gasteiger partial charge in [0.15, 0.2) is 0 Å². The highest BCUT2D eigenvalue weighted by Crippen LogP contribution is 2.34. The van der Waals surface area contributed by atoms with Gasteiger partial charge in [-0.3, -0.25) is 9.59 Å². The van der Waals surface area contributed by atoms with E-state index in [-0.39, 0.29) is 5.91 Å². The SMILES string of the molecule is Cc1ccccc1-n1ncc(C(=O)NC2(C)CCCCC2C(=O)O)c1C. The summed E-state index contributed by atoms with van der Waals surface area (Å²) in [6.45, 7) is 5.69. The molecule has 0 aliphatic heterocycles. The summed E-state index contributed by atoms with van der Waals surface area (Å²) in [5.74, 6) is -1.68. The first-order valence-electron chi connectivity index (χ1n) is 8.99. The zero-order valence-electron chi connectivity index (χ0n) is 15.5. The lowest BCUT2D eigenvalue weighted by molar-refractivity contribution is -0.145. The van der Waals surface area contributed by atoms with E-state index in [0.717, 1.165) is 29.8 Å². The van der Waals surface area contributed by atoms with Crippen molar-refractivity contribution in [1.82, 2.24) is 15.1 Å². The average Bonchev–Trinajstić information content (AvgIpc) is 2.96. The van der Waals surface area contributed by atoms with Gasteiger partial charge >= 0.3 is 5.97 Å². The van der Waals surface area contributed by atoms with E-state index in [1.165, 1.54) is 0 Å². The monoisotopic (exact) mass is 355 g/mol. The van der Waals surface area contributed by atoms with E-state index in [1.54, 1.807) is 10.9 Å². The number of hydrogen-bond acceptors (Lipinski definition) is 3. The Morgan fingerprint density at radius 3 is 2.69 bits per heavy atom. The van der Waals surface area contributed by atoms with Crippen molar-refractivity contribution in [2.75, 3.05) is 0 Å². The van der Waals surface area contributed by atoms with E-state index in [2.05, 4.69) is 10.4 Å². The third-order valence-electron chi connectivity index (χ3n) is 5.50. The summed E-state index contributed by atoms with van der Waals surface area (Å²) < 4.78 is 1.75. The molecule has 1 fully saturated rings. The second-order valence-electron chi connectivity index (χ2n) is 7.35. The largest absolute Gasteiger partial charge is 0.481 e. The highest BCUT2D eigenvalue weighted by Gasteiger charge is 2.42. The number of aromatic nitrogens is 2. The van der Waals surface area contributed by atoms with Gasteiger partial charge in [0.1, 0.15) is 0 Å². The van der Waals surface area contributed by atoms with Crippen LogP contribution in [0.2, 0.25) is 0 Å². The maximum atomic E-state index is 12.9. The number of carbonyl (C=O) groups is 2. The maximum Gasteiger partial charge on any atom is 0.308 e. The van der Waals surface area contributed by atoms with Crippen molar-refractivity contribution in [1.29, 1.82) is 0 Å². The lowest BCUT2D eigenvalue weighted by Crippen LogP contribution is -2.55. The van der Waals surface area contributed by atoms with E-state index < -0.39 is 17.4 Å². The number of aliphatic carboxylic acids is 1. The zero-order valence-corrected chi connectivity index (χ0v) is 15.5. The van der Waals surface area contributed by atoms with Crippen LogP contribution in [0, 0.1) is 19.8 Å². The molecule has 0 saturated heterocycles. The molecule has 0 bridgehead atoms. The molecule has 1 aromatic heterocycles. The van der Waals surface area contributed by atoms with Crippen molar-refractivity contribution in [3.8, 4) is 5.69 Å². The second-order valence-corrected chi connectivity index (χ2v) is 7.35. The van der Waals surface area contributed by atoms with E-state index in [4.69, 9.17) is 0 Å². The van der Waals surface area contributed by atoms with Crippen LogP contribution in [-0.4, -0.2) is 32.3 Å². The Labute approximate surface area is 153 Å². The second kappa shape index (κ2) is 6.94. The highest BCUT2D eigenvalue weighted by molar-refractivity contribution is 5.96. The number of nitrogens with one attached hydrogen (secondary N) is 1. The molecule has 0 spiro atoms. The fourth-order valence-corrected chi connectivity index (χ4v) is 3.88. The quantitative estimate of drug-likeness (QED) is 0.882. The van der Waals surface area contributed by atoms with Gasteiger partial charge in [-0.15, -0.1) is 0 Å². The van der Waals surface area contributed by atoms with Crippen molar-refractivity contribution >= 4 is 11.9 Å². The minimum absolute atomic E-state index is 0.266. The van der Waals surface area contributed by atoms with Crippen LogP contribution in [0.3, 0.4) is 0 Å². The molecule has 1 aromatic carbocycles. The van der Waals surface area contributed by atoms with Gasteiger partial charge in [0, 0.05) is 0 Å². The molecule has 3 rings (SSSR count). The molecule has 6 heteroatoms. The molecule has 2 N–H and O–H groups in total. The number of carboxylic acid groups (broad SMARTS) is 1. The van der Waals surface area contributed by atoms with Crippen LogP contribution in [0.5, 0.6) is 0 Å². The summed E-state index contributed by atoms with van der Waals surface area (Å²) in [6, 6.07) is 7.85. The summed E-state index contributed by atoms with van der Waals surface area (Å²) in [6.07, 6.45) is 4.61. The molecular formula is C20H25N3O3. The van der Waals surface area contributed by atoms with Gasteiger partial charge in [0.05, 0.1) is 34.6 Å². The van der Waals surface area contributed by atoms with Crippen molar-refractivity contribution in [2.24, 2.45) is 5.92 Å². The molecule has 2 unspecified atom stereocenters. The Kier molecular flexibility index (Phi) is 4.85. The molecule has 1 amide bonds.